The van der Waals surface area contributed by atoms with E-state index in [0.29, 0.717) is 48.2 Å². The number of benzene rings is 2. The number of rotatable bonds is 0. The van der Waals surface area contributed by atoms with Crippen LogP contribution in [0, 0.1) is 113 Å². The topological polar surface area (TPSA) is 156 Å². The van der Waals surface area contributed by atoms with Crippen molar-refractivity contribution in [3.8, 4) is 36.2 Å². The Kier molecular flexibility index (Phi) is 15.9. The number of phenolic OH excluding ortho intramolecular Hbond substituents is 2. The molecular formula is C88H124O8. The average Bonchev–Trinajstić information content (AvgIpc) is 1.33. The predicted octanol–water partition coefficient (Wildman–Crippen LogP) is 18.5. The molecule has 6 N–H and O–H groups in total. The van der Waals surface area contributed by atoms with Crippen LogP contribution in [0.4, 0.5) is 0 Å². The molecule has 2 aromatic rings. The molecule has 0 spiro atoms. The Morgan fingerprint density at radius 3 is 1.35 bits per heavy atom. The Morgan fingerprint density at radius 1 is 0.385 bits per heavy atom. The molecule has 0 bridgehead atoms. The lowest BCUT2D eigenvalue weighted by atomic mass is 9.30. The van der Waals surface area contributed by atoms with Crippen molar-refractivity contribution in [1.29, 1.82) is 0 Å². The zero-order valence-corrected chi connectivity index (χ0v) is 62.4. The third-order valence-corrected chi connectivity index (χ3v) is 38.0. The Labute approximate surface area is 579 Å². The van der Waals surface area contributed by atoms with Crippen LogP contribution in [-0.2, 0) is 33.3 Å². The van der Waals surface area contributed by atoms with E-state index in [1.165, 1.54) is 59.1 Å². The maximum absolute atomic E-state index is 12.1. The Morgan fingerprint density at radius 2 is 0.812 bits per heavy atom. The van der Waals surface area contributed by atoms with Crippen LogP contribution in [0.1, 0.15) is 300 Å². The molecule has 16 rings (SSSR count). The second-order valence-electron chi connectivity index (χ2n) is 39.0. The molecular weight excluding hydrogens is 1180 g/mol. The SMILES string of the molecule is C#CC1(O)CCC2(C)C1(C)CCC1(C)C3(C)CCC(=O)C=C3CCC12C.C#CC1(O)CCC2(C)C1(C)CCC1(C)c3ccc(O)cc3CCC12C.CC1(O)CCC2(C)C1(C)CCC1(C)c3ccc(O)cc3CCC12C.CC12CCC(=O)C=C1CCC1C2CCC2(C)C(O)CCC12. The lowest BCUT2D eigenvalue weighted by Crippen LogP contribution is -2.68. The molecule has 8 nitrogen and oxygen atoms in total. The van der Waals surface area contributed by atoms with Gasteiger partial charge in [0.05, 0.1) is 11.7 Å². The van der Waals surface area contributed by atoms with Crippen LogP contribution < -0.4 is 0 Å². The minimum atomic E-state index is -0.999. The van der Waals surface area contributed by atoms with Gasteiger partial charge in [-0.1, -0.05) is 139 Å². The second-order valence-corrected chi connectivity index (χ2v) is 39.0. The summed E-state index contributed by atoms with van der Waals surface area (Å²) in [5.41, 5.74) is 6.43. The van der Waals surface area contributed by atoms with E-state index in [1.54, 1.807) is 0 Å². The number of hydrogen-bond acceptors (Lipinski definition) is 8. The van der Waals surface area contributed by atoms with Crippen LogP contribution in [-0.4, -0.2) is 65.1 Å². The third kappa shape index (κ3) is 8.38. The first-order valence-electron chi connectivity index (χ1n) is 38.4. The van der Waals surface area contributed by atoms with E-state index in [-0.39, 0.29) is 87.3 Å². The summed E-state index contributed by atoms with van der Waals surface area (Å²) in [7, 11) is 0. The monoisotopic (exact) mass is 1310 g/mol. The number of allylic oxidation sites excluding steroid dienone is 2. The maximum Gasteiger partial charge on any atom is 0.155 e. The van der Waals surface area contributed by atoms with Gasteiger partial charge in [-0.15, -0.1) is 12.8 Å². The summed E-state index contributed by atoms with van der Waals surface area (Å²) >= 11 is 0. The van der Waals surface area contributed by atoms with Crippen molar-refractivity contribution >= 4 is 11.6 Å². The molecule has 2 aromatic carbocycles. The molecule has 0 heterocycles. The van der Waals surface area contributed by atoms with E-state index in [0.717, 1.165) is 147 Å². The molecule has 0 aromatic heterocycles. The van der Waals surface area contributed by atoms with Gasteiger partial charge in [-0.25, -0.2) is 0 Å². The van der Waals surface area contributed by atoms with Crippen LogP contribution in [0.5, 0.6) is 11.5 Å². The molecule has 0 radical (unpaired) electrons. The fourth-order valence-corrected chi connectivity index (χ4v) is 29.0. The summed E-state index contributed by atoms with van der Waals surface area (Å²) in [6, 6.07) is 11.9. The number of aliphatic hydroxyl groups is 4. The molecule has 14 aliphatic carbocycles. The van der Waals surface area contributed by atoms with Gasteiger partial charge >= 0.3 is 0 Å². The fraction of sp³-hybridized carbons (Fsp3) is 0.750. The van der Waals surface area contributed by atoms with Crippen molar-refractivity contribution in [1.82, 2.24) is 0 Å². The van der Waals surface area contributed by atoms with Gasteiger partial charge in [-0.3, -0.25) is 9.59 Å². The highest BCUT2D eigenvalue weighted by Gasteiger charge is 2.79. The number of carbonyl (C=O) groups is 2. The smallest absolute Gasteiger partial charge is 0.155 e. The summed E-state index contributed by atoms with van der Waals surface area (Å²) in [6.07, 6.45) is 43.9. The normalized spacial score (nSPS) is 51.8. The van der Waals surface area contributed by atoms with Gasteiger partial charge in [0.2, 0.25) is 0 Å². The molecule has 10 saturated carbocycles. The number of ketones is 2. The molecule has 524 valence electrons. The minimum absolute atomic E-state index is 0.00408. The maximum atomic E-state index is 12.1. The quantitative estimate of drug-likeness (QED) is 0.143. The lowest BCUT2D eigenvalue weighted by molar-refractivity contribution is -0.241. The van der Waals surface area contributed by atoms with Gasteiger partial charge < -0.3 is 30.6 Å². The number of fused-ring (bicyclic) bond motifs is 20. The summed E-state index contributed by atoms with van der Waals surface area (Å²) in [4.78, 5) is 23.9. The van der Waals surface area contributed by atoms with E-state index in [1.807, 2.05) is 36.4 Å². The average molecular weight is 1310 g/mol. The van der Waals surface area contributed by atoms with Crippen LogP contribution in [0.25, 0.3) is 0 Å². The number of aliphatic hydroxyl groups excluding tert-OH is 1. The standard InChI is InChI=1S/C24H34O2.C23H30O2.C22H32O2.C19H28O2/c1-7-24(26)15-14-22(5)21(4)11-8-17-16-18(25)9-10-19(17,2)20(21,3)12-13-23(22,24)6;1-6-23(25)14-13-21(4)20(3)10-9-16-15-17(24)7-8-18(16)19(20,2)11-12-22(21,23)5;1-18-10-11-21(4)20(3,12-13-22(21,5)24)19(18,2)9-8-15-14-16(23)6-7-17(15)18;1-18-9-7-13(20)11-12(18)3-4-14-15-5-6-17(21)19(15,2)10-8-16(14)18/h1,16,26H,8-15H2,2-6H3;1,7-8,15,24-25H,9-14H2,2-5H3;6-7,14,23-24H,8-13H2,1-5H3;11,14-17,21H,3-10H2,1-2H3. The first-order chi connectivity index (χ1) is 44.5. The number of aryl methyl sites for hydroxylation is 2. The van der Waals surface area contributed by atoms with Crippen molar-refractivity contribution in [2.45, 2.75) is 324 Å². The molecule has 96 heavy (non-hydrogen) atoms. The van der Waals surface area contributed by atoms with E-state index >= 15 is 0 Å². The summed E-state index contributed by atoms with van der Waals surface area (Å²) in [5.74, 6) is 9.21. The van der Waals surface area contributed by atoms with Gasteiger partial charge in [0, 0.05) is 29.1 Å². The molecule has 14 aliphatic rings. The van der Waals surface area contributed by atoms with Crippen LogP contribution in [0.15, 0.2) is 59.7 Å². The molecule has 22 atom stereocenters. The largest absolute Gasteiger partial charge is 0.508 e. The first kappa shape index (κ1) is 70.3. The van der Waals surface area contributed by atoms with E-state index in [9.17, 15) is 40.2 Å². The summed E-state index contributed by atoms with van der Waals surface area (Å²) < 4.78 is 0. The highest BCUT2D eigenvalue weighted by atomic mass is 16.3. The minimum Gasteiger partial charge on any atom is -0.508 e. The number of hydrogen-bond donors (Lipinski definition) is 6. The van der Waals surface area contributed by atoms with Gasteiger partial charge in [-0.2, -0.15) is 0 Å². The van der Waals surface area contributed by atoms with Crippen molar-refractivity contribution in [3.05, 3.63) is 82.0 Å². The number of phenols is 2. The second kappa shape index (κ2) is 21.7. The first-order valence-corrected chi connectivity index (χ1v) is 38.4. The molecule has 0 amide bonds. The molecule has 0 saturated heterocycles. The van der Waals surface area contributed by atoms with Gasteiger partial charge in [-0.05, 0) is 315 Å². The fourth-order valence-electron chi connectivity index (χ4n) is 29.0. The third-order valence-electron chi connectivity index (χ3n) is 38.0. The van der Waals surface area contributed by atoms with Crippen LogP contribution in [0.2, 0.25) is 0 Å². The van der Waals surface area contributed by atoms with E-state index < -0.39 is 16.8 Å². The predicted molar refractivity (Wildman–Crippen MR) is 385 cm³/mol. The van der Waals surface area contributed by atoms with Crippen molar-refractivity contribution in [2.75, 3.05) is 0 Å². The molecule has 8 heteroatoms. The zero-order valence-electron chi connectivity index (χ0n) is 62.4. The summed E-state index contributed by atoms with van der Waals surface area (Å²) in [5, 5.41) is 64.1. The van der Waals surface area contributed by atoms with Gasteiger partial charge in [0.15, 0.2) is 11.6 Å². The van der Waals surface area contributed by atoms with Crippen molar-refractivity contribution in [3.63, 3.8) is 0 Å². The van der Waals surface area contributed by atoms with E-state index in [4.69, 9.17) is 12.8 Å². The van der Waals surface area contributed by atoms with Gasteiger partial charge in [0.25, 0.3) is 0 Å². The molecule has 0 aliphatic heterocycles. The number of aromatic hydroxyl groups is 2. The number of terminal acetylenes is 2. The highest BCUT2D eigenvalue weighted by molar-refractivity contribution is 5.92. The Balaban J connectivity index is 0.000000116. The van der Waals surface area contributed by atoms with Crippen molar-refractivity contribution in [2.24, 2.45) is 88.1 Å². The summed E-state index contributed by atoms with van der Waals surface area (Å²) in [6.45, 7) is 38.0. The van der Waals surface area contributed by atoms with Crippen LogP contribution >= 0.6 is 0 Å². The Bertz CT molecular complexity index is 3710. The van der Waals surface area contributed by atoms with Crippen LogP contribution in [0.3, 0.4) is 0 Å². The number of carbonyl (C=O) groups excluding carboxylic acids is 2. The zero-order chi connectivity index (χ0) is 70.0. The lowest BCUT2D eigenvalue weighted by Gasteiger charge is -2.73. The highest BCUT2D eigenvalue weighted by Crippen LogP contribution is 2.83. The van der Waals surface area contributed by atoms with E-state index in [2.05, 4.69) is 135 Å². The van der Waals surface area contributed by atoms with Crippen molar-refractivity contribution < 1.29 is 40.2 Å². The molecule has 22 unspecified atom stereocenters. The Hall–Kier alpha value is -4.18. The van der Waals surface area contributed by atoms with Gasteiger partial charge in [0.1, 0.15) is 22.7 Å². The molecule has 10 fully saturated rings.